The van der Waals surface area contributed by atoms with E-state index < -0.39 is 10.0 Å². The third kappa shape index (κ3) is 6.50. The predicted octanol–water partition coefficient (Wildman–Crippen LogP) is 1.51. The minimum absolute atomic E-state index is 0.0230. The van der Waals surface area contributed by atoms with Crippen molar-refractivity contribution in [2.45, 2.75) is 11.4 Å². The maximum Gasteiger partial charge on any atom is 0.264 e. The number of amides is 1. The summed E-state index contributed by atoms with van der Waals surface area (Å²) in [7, 11) is -1.28. The van der Waals surface area contributed by atoms with Crippen molar-refractivity contribution in [1.29, 1.82) is 0 Å². The average Bonchev–Trinajstić information content (AvgIpc) is 2.83. The van der Waals surface area contributed by atoms with Gasteiger partial charge in [0.05, 0.1) is 25.2 Å². The molecule has 1 aliphatic rings. The van der Waals surface area contributed by atoms with Gasteiger partial charge in [0.1, 0.15) is 12.4 Å². The van der Waals surface area contributed by atoms with Gasteiger partial charge in [-0.2, -0.15) is 0 Å². The van der Waals surface area contributed by atoms with Gasteiger partial charge in [-0.3, -0.25) is 14.5 Å². The monoisotopic (exact) mass is 463 g/mol. The quantitative estimate of drug-likeness (QED) is 0.534. The molecule has 1 aliphatic heterocycles. The van der Waals surface area contributed by atoms with Crippen LogP contribution in [0.3, 0.4) is 0 Å². The topological polar surface area (TPSA) is 97.4 Å². The molecule has 0 bridgehead atoms. The van der Waals surface area contributed by atoms with Crippen LogP contribution in [0.5, 0.6) is 5.75 Å². The molecule has 3 rings (SSSR count). The average molecular weight is 464 g/mol. The summed E-state index contributed by atoms with van der Waals surface area (Å²) in [6.07, 6.45) is 0. The first-order chi connectivity index (χ1) is 15.4. The van der Waals surface area contributed by atoms with E-state index in [0.29, 0.717) is 6.61 Å². The summed E-state index contributed by atoms with van der Waals surface area (Å²) in [5.41, 5.74) is 1.12. The number of carbonyl (C=O) groups is 1. The van der Waals surface area contributed by atoms with E-state index in [1.807, 2.05) is 24.3 Å². The molecule has 1 amide bonds. The Bertz CT molecular complexity index is 1010. The fourth-order valence-corrected chi connectivity index (χ4v) is 4.21. The third-order valence-corrected chi connectivity index (χ3v) is 6.80. The molecule has 0 radical (unpaired) electrons. The number of rotatable bonds is 10. The zero-order chi connectivity index (χ0) is 23.0. The number of morpholine rings is 1. The molecule has 0 unspecified atom stereocenters. The van der Waals surface area contributed by atoms with Gasteiger partial charge in [0.2, 0.25) is 0 Å². The van der Waals surface area contributed by atoms with Crippen LogP contribution in [0.25, 0.3) is 0 Å². The predicted molar refractivity (Wildman–Crippen MR) is 119 cm³/mol. The van der Waals surface area contributed by atoms with E-state index in [1.54, 1.807) is 6.07 Å². The molecule has 0 atom stereocenters. The number of hydrogen-bond acceptors (Lipinski definition) is 7. The maximum absolute atomic E-state index is 12.6. The lowest BCUT2D eigenvalue weighted by Gasteiger charge is -2.26. The standard InChI is InChI=1S/C22H29N3O6S/c1-24(29-2)32(27,28)21-8-4-6-19(16-21)22(26)23-17-18-5-3-7-20(15-18)31-14-11-25-9-12-30-13-10-25/h3-8,15-16H,9-14,17H2,1-2H3,(H,23,26). The van der Waals surface area contributed by atoms with Crippen LogP contribution in [0.1, 0.15) is 15.9 Å². The zero-order valence-corrected chi connectivity index (χ0v) is 19.1. The third-order valence-electron chi connectivity index (χ3n) is 5.12. The molecule has 0 spiro atoms. The second-order valence-corrected chi connectivity index (χ2v) is 9.19. The van der Waals surface area contributed by atoms with Crippen molar-refractivity contribution >= 4 is 15.9 Å². The molecule has 0 aromatic heterocycles. The van der Waals surface area contributed by atoms with Crippen LogP contribution in [-0.2, 0) is 26.1 Å². The van der Waals surface area contributed by atoms with Gasteiger partial charge < -0.3 is 14.8 Å². The molecule has 10 heteroatoms. The molecule has 2 aromatic carbocycles. The van der Waals surface area contributed by atoms with Gasteiger partial charge >= 0.3 is 0 Å². The highest BCUT2D eigenvalue weighted by atomic mass is 32.2. The lowest BCUT2D eigenvalue weighted by molar-refractivity contribution is -0.0258. The van der Waals surface area contributed by atoms with E-state index in [9.17, 15) is 13.2 Å². The smallest absolute Gasteiger partial charge is 0.264 e. The van der Waals surface area contributed by atoms with Crippen LogP contribution in [0.15, 0.2) is 53.4 Å². The van der Waals surface area contributed by atoms with Crippen molar-refractivity contribution in [3.8, 4) is 5.75 Å². The summed E-state index contributed by atoms with van der Waals surface area (Å²) < 4.78 is 36.7. The summed E-state index contributed by atoms with van der Waals surface area (Å²) in [6, 6.07) is 13.4. The summed E-state index contributed by atoms with van der Waals surface area (Å²) >= 11 is 0. The Hall–Kier alpha value is -2.50. The lowest BCUT2D eigenvalue weighted by Crippen LogP contribution is -2.38. The Balaban J connectivity index is 1.54. The fourth-order valence-electron chi connectivity index (χ4n) is 3.19. The largest absolute Gasteiger partial charge is 0.492 e. The van der Waals surface area contributed by atoms with Crippen LogP contribution in [0, 0.1) is 0 Å². The first-order valence-electron chi connectivity index (χ1n) is 10.3. The fraction of sp³-hybridized carbons (Fsp3) is 0.409. The van der Waals surface area contributed by atoms with Gasteiger partial charge in [0.15, 0.2) is 0 Å². The molecule has 174 valence electrons. The highest BCUT2D eigenvalue weighted by molar-refractivity contribution is 7.89. The Kier molecular flexibility index (Phi) is 8.60. The molecule has 1 fully saturated rings. The lowest BCUT2D eigenvalue weighted by atomic mass is 10.2. The second-order valence-electron chi connectivity index (χ2n) is 7.26. The molecule has 1 saturated heterocycles. The number of ether oxygens (including phenoxy) is 2. The number of hydrogen-bond donors (Lipinski definition) is 1. The van der Waals surface area contributed by atoms with E-state index in [-0.39, 0.29) is 22.9 Å². The van der Waals surface area contributed by atoms with Crippen LogP contribution >= 0.6 is 0 Å². The van der Waals surface area contributed by atoms with Gasteiger partial charge in [-0.25, -0.2) is 8.42 Å². The SMILES string of the molecule is CON(C)S(=O)(=O)c1cccc(C(=O)NCc2cccc(OCCN3CCOCC3)c2)c1. The molecular weight excluding hydrogens is 434 g/mol. The van der Waals surface area contributed by atoms with Gasteiger partial charge in [0, 0.05) is 38.8 Å². The Labute approximate surface area is 188 Å². The zero-order valence-electron chi connectivity index (χ0n) is 18.3. The van der Waals surface area contributed by atoms with Gasteiger partial charge in [-0.1, -0.05) is 22.7 Å². The number of nitrogens with zero attached hydrogens (tertiary/aromatic N) is 2. The molecule has 9 nitrogen and oxygen atoms in total. The summed E-state index contributed by atoms with van der Waals surface area (Å²) in [5, 5.41) is 2.82. The Morgan fingerprint density at radius 3 is 2.66 bits per heavy atom. The van der Waals surface area contributed by atoms with Crippen LogP contribution in [0.2, 0.25) is 0 Å². The Morgan fingerprint density at radius 1 is 1.16 bits per heavy atom. The van der Waals surface area contributed by atoms with Crippen molar-refractivity contribution in [3.63, 3.8) is 0 Å². The maximum atomic E-state index is 12.6. The number of hydroxylamine groups is 1. The molecule has 32 heavy (non-hydrogen) atoms. The molecule has 1 heterocycles. The van der Waals surface area contributed by atoms with Crippen LogP contribution < -0.4 is 10.1 Å². The van der Waals surface area contributed by atoms with E-state index in [0.717, 1.165) is 48.6 Å². The summed E-state index contributed by atoms with van der Waals surface area (Å²) in [6.45, 7) is 5.04. The van der Waals surface area contributed by atoms with Crippen molar-refractivity contribution in [2.24, 2.45) is 0 Å². The van der Waals surface area contributed by atoms with Crippen LogP contribution in [-0.4, -0.2) is 77.3 Å². The van der Waals surface area contributed by atoms with Crippen molar-refractivity contribution < 1.29 is 27.5 Å². The van der Waals surface area contributed by atoms with Gasteiger partial charge in [-0.15, -0.1) is 0 Å². The van der Waals surface area contributed by atoms with E-state index in [4.69, 9.17) is 14.3 Å². The minimum atomic E-state index is -3.83. The van der Waals surface area contributed by atoms with Gasteiger partial charge in [0.25, 0.3) is 15.9 Å². The summed E-state index contributed by atoms with van der Waals surface area (Å²) in [5.74, 6) is 0.362. The molecule has 2 aromatic rings. The Morgan fingerprint density at radius 2 is 1.91 bits per heavy atom. The molecular formula is C22H29N3O6S. The molecule has 0 aliphatic carbocycles. The van der Waals surface area contributed by atoms with Crippen molar-refractivity contribution in [3.05, 3.63) is 59.7 Å². The van der Waals surface area contributed by atoms with E-state index >= 15 is 0 Å². The summed E-state index contributed by atoms with van der Waals surface area (Å²) in [4.78, 5) is 19.6. The van der Waals surface area contributed by atoms with Crippen LogP contribution in [0.4, 0.5) is 0 Å². The second kappa shape index (κ2) is 11.4. The van der Waals surface area contributed by atoms with Crippen molar-refractivity contribution in [1.82, 2.24) is 14.7 Å². The molecule has 1 N–H and O–H groups in total. The number of carbonyl (C=O) groups excluding carboxylic acids is 1. The molecule has 0 saturated carbocycles. The van der Waals surface area contributed by atoms with Crippen molar-refractivity contribution in [2.75, 3.05) is 53.6 Å². The number of sulfonamides is 1. The number of nitrogens with one attached hydrogen (secondary N) is 1. The highest BCUT2D eigenvalue weighted by Gasteiger charge is 2.22. The van der Waals surface area contributed by atoms with E-state index in [1.165, 1.54) is 32.4 Å². The first-order valence-corrected chi connectivity index (χ1v) is 11.8. The normalized spacial score (nSPS) is 15.0. The highest BCUT2D eigenvalue weighted by Crippen LogP contribution is 2.17. The van der Waals surface area contributed by atoms with E-state index in [2.05, 4.69) is 10.2 Å². The van der Waals surface area contributed by atoms with Gasteiger partial charge in [-0.05, 0) is 35.9 Å². The number of benzene rings is 2. The first kappa shape index (κ1) is 24.1. The minimum Gasteiger partial charge on any atom is -0.492 e.